The summed E-state index contributed by atoms with van der Waals surface area (Å²) >= 11 is 0. The fourth-order valence-electron chi connectivity index (χ4n) is 2.52. The minimum Gasteiger partial charge on any atom is -0.493 e. The first-order valence-electron chi connectivity index (χ1n) is 7.91. The third-order valence-electron chi connectivity index (χ3n) is 3.84. The molecule has 136 valence electrons. The summed E-state index contributed by atoms with van der Waals surface area (Å²) in [6.07, 6.45) is 0. The van der Waals surface area contributed by atoms with E-state index in [1.807, 2.05) is 6.07 Å². The zero-order valence-electron chi connectivity index (χ0n) is 14.4. The first-order chi connectivity index (χ1) is 13.0. The number of benzene rings is 2. The molecule has 0 aliphatic heterocycles. The number of anilines is 2. The van der Waals surface area contributed by atoms with Crippen molar-refractivity contribution in [2.45, 2.75) is 6.61 Å². The maximum absolute atomic E-state index is 13.7. The van der Waals surface area contributed by atoms with E-state index in [1.165, 1.54) is 13.2 Å². The summed E-state index contributed by atoms with van der Waals surface area (Å²) in [7, 11) is 1.48. The summed E-state index contributed by atoms with van der Waals surface area (Å²) in [5.41, 5.74) is 12.8. The first kappa shape index (κ1) is 17.9. The summed E-state index contributed by atoms with van der Waals surface area (Å²) < 4.78 is 24.8. The van der Waals surface area contributed by atoms with Crippen LogP contribution in [0.2, 0.25) is 0 Å². The summed E-state index contributed by atoms with van der Waals surface area (Å²) in [5, 5.41) is 9.33. The second-order valence-corrected chi connectivity index (χ2v) is 5.55. The molecule has 4 N–H and O–H groups in total. The number of aromatic nitrogens is 2. The Kier molecular flexibility index (Phi) is 5.04. The van der Waals surface area contributed by atoms with Gasteiger partial charge in [-0.05, 0) is 24.3 Å². The molecule has 1 heterocycles. The molecule has 0 saturated heterocycles. The number of ether oxygens (including phenoxy) is 2. The fraction of sp³-hybridized carbons (Fsp3) is 0.105. The second kappa shape index (κ2) is 7.58. The molecule has 0 atom stereocenters. The zero-order valence-corrected chi connectivity index (χ0v) is 14.4. The van der Waals surface area contributed by atoms with Gasteiger partial charge in [-0.25, -0.2) is 9.37 Å². The van der Waals surface area contributed by atoms with E-state index in [-0.39, 0.29) is 29.8 Å². The summed E-state index contributed by atoms with van der Waals surface area (Å²) in [4.78, 5) is 7.90. The highest BCUT2D eigenvalue weighted by atomic mass is 19.1. The van der Waals surface area contributed by atoms with Crippen LogP contribution >= 0.6 is 0 Å². The van der Waals surface area contributed by atoms with Crippen LogP contribution in [0.3, 0.4) is 0 Å². The van der Waals surface area contributed by atoms with Crippen molar-refractivity contribution < 1.29 is 13.9 Å². The lowest BCUT2D eigenvalue weighted by molar-refractivity contribution is 0.280. The molecule has 0 unspecified atom stereocenters. The molecular formula is C19H16FN5O2. The summed E-state index contributed by atoms with van der Waals surface area (Å²) in [5.74, 6) is 0.416. The molecule has 0 bridgehead atoms. The van der Waals surface area contributed by atoms with Crippen molar-refractivity contribution in [3.8, 4) is 28.8 Å². The smallest absolute Gasteiger partial charge is 0.222 e. The quantitative estimate of drug-likeness (QED) is 0.713. The zero-order chi connectivity index (χ0) is 19.4. The number of nitrogens with zero attached hydrogens (tertiary/aromatic N) is 3. The summed E-state index contributed by atoms with van der Waals surface area (Å²) in [6.45, 7) is 0.0409. The van der Waals surface area contributed by atoms with Gasteiger partial charge in [0, 0.05) is 11.1 Å². The Bertz CT molecular complexity index is 1030. The molecule has 7 nitrogen and oxygen atoms in total. The maximum atomic E-state index is 13.7. The highest BCUT2D eigenvalue weighted by molar-refractivity contribution is 5.74. The molecule has 3 rings (SSSR count). The predicted octanol–water partition coefficient (Wildman–Crippen LogP) is 2.91. The van der Waals surface area contributed by atoms with Crippen LogP contribution < -0.4 is 20.9 Å². The van der Waals surface area contributed by atoms with Crippen molar-refractivity contribution >= 4 is 11.8 Å². The molecule has 0 radical (unpaired) electrons. The van der Waals surface area contributed by atoms with Crippen molar-refractivity contribution in [1.29, 1.82) is 5.26 Å². The molecule has 3 aromatic rings. The molecule has 0 amide bonds. The minimum atomic E-state index is -0.348. The van der Waals surface area contributed by atoms with E-state index in [0.717, 1.165) is 0 Å². The Morgan fingerprint density at radius 2 is 1.89 bits per heavy atom. The van der Waals surface area contributed by atoms with E-state index in [2.05, 4.69) is 9.97 Å². The number of halogens is 1. The van der Waals surface area contributed by atoms with Gasteiger partial charge in [-0.2, -0.15) is 10.2 Å². The number of methoxy groups -OCH3 is 1. The van der Waals surface area contributed by atoms with Crippen LogP contribution in [0, 0.1) is 17.1 Å². The van der Waals surface area contributed by atoms with Gasteiger partial charge >= 0.3 is 0 Å². The largest absolute Gasteiger partial charge is 0.493 e. The van der Waals surface area contributed by atoms with E-state index < -0.39 is 0 Å². The van der Waals surface area contributed by atoms with E-state index in [4.69, 9.17) is 20.9 Å². The Balaban J connectivity index is 1.94. The molecule has 0 aliphatic rings. The maximum Gasteiger partial charge on any atom is 0.222 e. The lowest BCUT2D eigenvalue weighted by Crippen LogP contribution is -2.05. The van der Waals surface area contributed by atoms with E-state index >= 15 is 0 Å². The van der Waals surface area contributed by atoms with Crippen LogP contribution in [0.25, 0.3) is 11.3 Å². The van der Waals surface area contributed by atoms with Crippen LogP contribution in [0.5, 0.6) is 11.5 Å². The Labute approximate surface area is 155 Å². The number of rotatable bonds is 5. The number of hydrogen-bond donors (Lipinski definition) is 2. The third kappa shape index (κ3) is 3.72. The molecule has 2 aromatic carbocycles. The molecule has 0 saturated carbocycles. The van der Waals surface area contributed by atoms with Crippen LogP contribution in [-0.2, 0) is 6.61 Å². The summed E-state index contributed by atoms with van der Waals surface area (Å²) in [6, 6.07) is 13.3. The topological polar surface area (TPSA) is 120 Å². The Morgan fingerprint density at radius 3 is 2.59 bits per heavy atom. The second-order valence-electron chi connectivity index (χ2n) is 5.55. The van der Waals surface area contributed by atoms with E-state index in [1.54, 1.807) is 36.4 Å². The standard InChI is InChI=1S/C19H16FN5O2/c1-26-16-8-11(17-13(9-21)18(22)25-19(23)24-17)6-7-15(16)27-10-12-4-2-3-5-14(12)20/h2-8H,10H2,1H3,(H4,22,23,24,25). The average Bonchev–Trinajstić information content (AvgIpc) is 2.66. The van der Waals surface area contributed by atoms with Gasteiger partial charge < -0.3 is 20.9 Å². The van der Waals surface area contributed by atoms with Crippen LogP contribution in [-0.4, -0.2) is 17.1 Å². The van der Waals surface area contributed by atoms with Gasteiger partial charge in [-0.1, -0.05) is 18.2 Å². The Morgan fingerprint density at radius 1 is 1.11 bits per heavy atom. The first-order valence-corrected chi connectivity index (χ1v) is 7.91. The lowest BCUT2D eigenvalue weighted by Gasteiger charge is -2.13. The van der Waals surface area contributed by atoms with Crippen LogP contribution in [0.1, 0.15) is 11.1 Å². The van der Waals surface area contributed by atoms with Gasteiger partial charge in [-0.3, -0.25) is 0 Å². The van der Waals surface area contributed by atoms with Crippen LogP contribution in [0.15, 0.2) is 42.5 Å². The molecule has 0 aliphatic carbocycles. The van der Waals surface area contributed by atoms with Crippen molar-refractivity contribution in [3.05, 3.63) is 59.4 Å². The van der Waals surface area contributed by atoms with Crippen molar-refractivity contribution in [2.75, 3.05) is 18.6 Å². The van der Waals surface area contributed by atoms with Crippen molar-refractivity contribution in [2.24, 2.45) is 0 Å². The van der Waals surface area contributed by atoms with Gasteiger partial charge in [0.25, 0.3) is 0 Å². The molecule has 1 aromatic heterocycles. The van der Waals surface area contributed by atoms with Gasteiger partial charge in [0.15, 0.2) is 11.5 Å². The minimum absolute atomic E-state index is 0.00107. The highest BCUT2D eigenvalue weighted by Gasteiger charge is 2.16. The molecule has 0 spiro atoms. The van der Waals surface area contributed by atoms with Crippen molar-refractivity contribution in [1.82, 2.24) is 9.97 Å². The SMILES string of the molecule is COc1cc(-c2nc(N)nc(N)c2C#N)ccc1OCc1ccccc1F. The lowest BCUT2D eigenvalue weighted by atomic mass is 10.1. The predicted molar refractivity (Wildman–Crippen MR) is 98.3 cm³/mol. The number of nitrogen functional groups attached to an aromatic ring is 2. The van der Waals surface area contributed by atoms with Gasteiger partial charge in [-0.15, -0.1) is 0 Å². The number of nitriles is 1. The highest BCUT2D eigenvalue weighted by Crippen LogP contribution is 2.34. The molecular weight excluding hydrogens is 349 g/mol. The molecule has 8 heteroatoms. The number of nitrogens with two attached hydrogens (primary N) is 2. The Hall–Kier alpha value is -3.86. The fourth-order valence-corrected chi connectivity index (χ4v) is 2.52. The van der Waals surface area contributed by atoms with Gasteiger partial charge in [0.05, 0.1) is 12.8 Å². The van der Waals surface area contributed by atoms with E-state index in [9.17, 15) is 9.65 Å². The molecule has 0 fully saturated rings. The van der Waals surface area contributed by atoms with Gasteiger partial charge in [0.2, 0.25) is 5.95 Å². The number of hydrogen-bond acceptors (Lipinski definition) is 7. The third-order valence-corrected chi connectivity index (χ3v) is 3.84. The molecule has 27 heavy (non-hydrogen) atoms. The van der Waals surface area contributed by atoms with Crippen LogP contribution in [0.4, 0.5) is 16.2 Å². The van der Waals surface area contributed by atoms with Gasteiger partial charge in [0.1, 0.15) is 29.9 Å². The van der Waals surface area contributed by atoms with E-state index in [0.29, 0.717) is 28.3 Å². The van der Waals surface area contributed by atoms with Crippen molar-refractivity contribution in [3.63, 3.8) is 0 Å². The monoisotopic (exact) mass is 365 g/mol. The normalized spacial score (nSPS) is 10.3. The average molecular weight is 365 g/mol.